The number of nitrogens with one attached hydrogen (secondary N) is 1. The van der Waals surface area contributed by atoms with Gasteiger partial charge in [-0.15, -0.1) is 0 Å². The number of nitrogens with zero attached hydrogens (tertiary/aromatic N) is 1. The highest BCUT2D eigenvalue weighted by molar-refractivity contribution is 7.80. The quantitative estimate of drug-likeness (QED) is 0.495. The summed E-state index contributed by atoms with van der Waals surface area (Å²) in [6.45, 7) is 0. The molecule has 0 aliphatic heterocycles. The lowest BCUT2D eigenvalue weighted by molar-refractivity contribution is 1.25. The van der Waals surface area contributed by atoms with Gasteiger partial charge >= 0.3 is 0 Å². The SMILES string of the molecule is NC(=S)/N=c1/[nH]c(=S)ss1. The van der Waals surface area contributed by atoms with Crippen LogP contribution in [-0.2, 0) is 0 Å². The second-order valence-electron chi connectivity index (χ2n) is 1.33. The first-order valence-corrected chi connectivity index (χ1v) is 5.19. The Balaban J connectivity index is 3.18. The molecule has 1 heterocycles. The lowest BCUT2D eigenvalue weighted by Crippen LogP contribution is -2.10. The molecule has 0 amide bonds. The predicted molar refractivity (Wildman–Crippen MR) is 49.7 cm³/mol. The molecule has 1 rings (SSSR count). The summed E-state index contributed by atoms with van der Waals surface area (Å²) in [5.74, 6) is 0. The normalized spacial score (nSPS) is 11.8. The Bertz CT molecular complexity index is 341. The van der Waals surface area contributed by atoms with E-state index in [0.29, 0.717) is 8.76 Å². The summed E-state index contributed by atoms with van der Waals surface area (Å²) in [6, 6.07) is 0. The molecule has 0 aliphatic carbocycles. The van der Waals surface area contributed by atoms with Gasteiger partial charge < -0.3 is 10.7 Å². The number of hydrogen-bond acceptors (Lipinski definition) is 4. The standard InChI is InChI=1S/C3H3N3S4/c4-1(7)5-2-6-3(8)10-9-2/h(H3,4,5,6,7,8). The third kappa shape index (κ3) is 2.25. The fraction of sp³-hybridized carbons (Fsp3) is 0. The Morgan fingerprint density at radius 1 is 1.60 bits per heavy atom. The Hall–Kier alpha value is -0.110. The van der Waals surface area contributed by atoms with Crippen LogP contribution in [0, 0.1) is 3.95 Å². The van der Waals surface area contributed by atoms with E-state index in [2.05, 4.69) is 22.2 Å². The van der Waals surface area contributed by atoms with Gasteiger partial charge in [0.2, 0.25) is 4.80 Å². The first kappa shape index (κ1) is 7.99. The predicted octanol–water partition coefficient (Wildman–Crippen LogP) is 1.01. The van der Waals surface area contributed by atoms with Gasteiger partial charge in [-0.3, -0.25) is 0 Å². The van der Waals surface area contributed by atoms with Crippen LogP contribution in [0.2, 0.25) is 0 Å². The fourth-order valence-electron chi connectivity index (χ4n) is 0.353. The van der Waals surface area contributed by atoms with Crippen molar-refractivity contribution in [2.24, 2.45) is 10.7 Å². The molecule has 3 nitrogen and oxygen atoms in total. The average molecular weight is 209 g/mol. The zero-order valence-corrected chi connectivity index (χ0v) is 7.92. The van der Waals surface area contributed by atoms with Crippen LogP contribution in [0.1, 0.15) is 0 Å². The van der Waals surface area contributed by atoms with Gasteiger partial charge in [0.05, 0.1) is 0 Å². The van der Waals surface area contributed by atoms with Crippen LogP contribution < -0.4 is 10.5 Å². The van der Waals surface area contributed by atoms with Gasteiger partial charge in [0.1, 0.15) is 0 Å². The summed E-state index contributed by atoms with van der Waals surface area (Å²) >= 11 is 9.37. The van der Waals surface area contributed by atoms with Crippen molar-refractivity contribution < 1.29 is 0 Å². The van der Waals surface area contributed by atoms with Crippen LogP contribution in [0.15, 0.2) is 4.99 Å². The first-order valence-electron chi connectivity index (χ1n) is 2.22. The van der Waals surface area contributed by atoms with Gasteiger partial charge in [0.15, 0.2) is 9.07 Å². The minimum absolute atomic E-state index is 0.125. The fourth-order valence-corrected chi connectivity index (χ4v) is 2.43. The molecular formula is C3H3N3S4. The molecule has 0 aliphatic rings. The zero-order chi connectivity index (χ0) is 7.56. The van der Waals surface area contributed by atoms with Crippen molar-refractivity contribution in [2.75, 3.05) is 0 Å². The van der Waals surface area contributed by atoms with Gasteiger partial charge in [-0.25, -0.2) is 0 Å². The molecule has 0 bridgehead atoms. The Morgan fingerprint density at radius 2 is 2.30 bits per heavy atom. The van der Waals surface area contributed by atoms with E-state index in [1.807, 2.05) is 0 Å². The second-order valence-corrected chi connectivity index (χ2v) is 4.55. The smallest absolute Gasteiger partial charge is 0.201 e. The van der Waals surface area contributed by atoms with Crippen LogP contribution in [-0.4, -0.2) is 10.1 Å². The van der Waals surface area contributed by atoms with Gasteiger partial charge in [-0.05, 0) is 45.1 Å². The monoisotopic (exact) mass is 209 g/mol. The molecule has 0 atom stereocenters. The van der Waals surface area contributed by atoms with Gasteiger partial charge in [0, 0.05) is 0 Å². The molecule has 0 spiro atoms. The lowest BCUT2D eigenvalue weighted by atomic mass is 11.1. The third-order valence-electron chi connectivity index (χ3n) is 0.617. The lowest BCUT2D eigenvalue weighted by Gasteiger charge is -1.77. The summed E-state index contributed by atoms with van der Waals surface area (Å²) < 4.78 is 0.694. The van der Waals surface area contributed by atoms with E-state index in [-0.39, 0.29) is 5.11 Å². The molecule has 10 heavy (non-hydrogen) atoms. The Kier molecular flexibility index (Phi) is 2.66. The van der Waals surface area contributed by atoms with Crippen molar-refractivity contribution in [2.45, 2.75) is 0 Å². The van der Waals surface area contributed by atoms with E-state index < -0.39 is 0 Å². The molecule has 1 aromatic heterocycles. The zero-order valence-electron chi connectivity index (χ0n) is 4.66. The van der Waals surface area contributed by atoms with Crippen molar-refractivity contribution in [1.29, 1.82) is 0 Å². The van der Waals surface area contributed by atoms with Crippen molar-refractivity contribution in [1.82, 2.24) is 4.98 Å². The summed E-state index contributed by atoms with van der Waals surface area (Å²) in [5.41, 5.74) is 5.16. The van der Waals surface area contributed by atoms with Crippen LogP contribution in [0.3, 0.4) is 0 Å². The van der Waals surface area contributed by atoms with Crippen LogP contribution in [0.25, 0.3) is 0 Å². The largest absolute Gasteiger partial charge is 0.374 e. The van der Waals surface area contributed by atoms with E-state index in [9.17, 15) is 0 Å². The number of aromatic nitrogens is 1. The third-order valence-corrected chi connectivity index (χ3v) is 3.29. The van der Waals surface area contributed by atoms with E-state index in [0.717, 1.165) is 0 Å². The van der Waals surface area contributed by atoms with E-state index in [4.69, 9.17) is 18.0 Å². The van der Waals surface area contributed by atoms with Crippen LogP contribution in [0.5, 0.6) is 0 Å². The summed E-state index contributed by atoms with van der Waals surface area (Å²) in [6.07, 6.45) is 0. The molecule has 0 saturated heterocycles. The molecule has 0 aromatic carbocycles. The number of H-pyrrole nitrogens is 1. The minimum atomic E-state index is 0.125. The number of aromatic amines is 1. The summed E-state index contributed by atoms with van der Waals surface area (Å²) in [4.78, 5) is 7.29. The van der Waals surface area contributed by atoms with Crippen molar-refractivity contribution >= 4 is 50.2 Å². The van der Waals surface area contributed by atoms with Gasteiger partial charge in [0.25, 0.3) is 0 Å². The summed E-state index contributed by atoms with van der Waals surface area (Å²) in [7, 11) is 2.86. The maximum Gasteiger partial charge on any atom is 0.201 e. The number of hydrogen-bond donors (Lipinski definition) is 2. The molecule has 0 radical (unpaired) electrons. The molecule has 54 valence electrons. The second kappa shape index (κ2) is 3.33. The summed E-state index contributed by atoms with van der Waals surface area (Å²) in [5, 5.41) is 0.125. The minimum Gasteiger partial charge on any atom is -0.374 e. The number of thiocarbonyl (C=S) groups is 1. The van der Waals surface area contributed by atoms with Crippen molar-refractivity contribution in [3.05, 3.63) is 8.76 Å². The number of rotatable bonds is 0. The molecule has 7 heteroatoms. The molecule has 1 aromatic rings. The van der Waals surface area contributed by atoms with E-state index in [1.54, 1.807) is 0 Å². The molecular weight excluding hydrogens is 206 g/mol. The highest BCUT2D eigenvalue weighted by Crippen LogP contribution is 1.98. The Morgan fingerprint density at radius 3 is 2.70 bits per heavy atom. The maximum absolute atomic E-state index is 5.16. The molecule has 0 fully saturated rings. The highest BCUT2D eigenvalue weighted by atomic mass is 32.9. The van der Waals surface area contributed by atoms with Gasteiger partial charge in [-0.2, -0.15) is 4.99 Å². The van der Waals surface area contributed by atoms with Crippen LogP contribution >= 0.6 is 45.1 Å². The first-order chi connectivity index (χ1) is 4.68. The maximum atomic E-state index is 5.16. The van der Waals surface area contributed by atoms with E-state index in [1.165, 1.54) is 20.7 Å². The number of nitrogens with two attached hydrogens (primary N) is 1. The van der Waals surface area contributed by atoms with E-state index >= 15 is 0 Å². The Labute approximate surface area is 74.6 Å². The topological polar surface area (TPSA) is 54.2 Å². The molecule has 0 saturated carbocycles. The highest BCUT2D eigenvalue weighted by Gasteiger charge is 1.85. The van der Waals surface area contributed by atoms with Gasteiger partial charge in [-0.1, -0.05) is 0 Å². The van der Waals surface area contributed by atoms with Crippen molar-refractivity contribution in [3.8, 4) is 0 Å². The molecule has 0 unspecified atom stereocenters. The average Bonchev–Trinajstić information content (AvgIpc) is 2.13. The van der Waals surface area contributed by atoms with Crippen LogP contribution in [0.4, 0.5) is 0 Å². The molecule has 3 N–H and O–H groups in total. The van der Waals surface area contributed by atoms with Crippen molar-refractivity contribution in [3.63, 3.8) is 0 Å².